The predicted molar refractivity (Wildman–Crippen MR) is 155 cm³/mol. The van der Waals surface area contributed by atoms with Crippen molar-refractivity contribution in [2.45, 2.75) is 116 Å². The lowest BCUT2D eigenvalue weighted by atomic mass is 10.0. The smallest absolute Gasteiger partial charge is 0.221 e. The van der Waals surface area contributed by atoms with Gasteiger partial charge >= 0.3 is 0 Å². The predicted octanol–water partition coefficient (Wildman–Crippen LogP) is 4.09. The van der Waals surface area contributed by atoms with Crippen molar-refractivity contribution < 1.29 is 14.4 Å². The van der Waals surface area contributed by atoms with E-state index in [0.29, 0.717) is 32.4 Å². The fourth-order valence-corrected chi connectivity index (χ4v) is 4.43. The first-order valence-electron chi connectivity index (χ1n) is 14.9. The summed E-state index contributed by atoms with van der Waals surface area (Å²) in [5, 5.41) is 8.48. The Morgan fingerprint density at radius 1 is 0.622 bits per heavy atom. The molecule has 0 saturated carbocycles. The minimum Gasteiger partial charge on any atom is -0.359 e. The summed E-state index contributed by atoms with van der Waals surface area (Å²) in [5.74, 6) is 0.155. The first-order chi connectivity index (χ1) is 17.8. The maximum absolute atomic E-state index is 12.5. The average Bonchev–Trinajstić information content (AvgIpc) is 2.89. The largest absolute Gasteiger partial charge is 0.359 e. The fraction of sp³-hybridized carbons (Fsp3) is 0.897. The van der Waals surface area contributed by atoms with E-state index >= 15 is 0 Å². The van der Waals surface area contributed by atoms with E-state index in [1.807, 2.05) is 7.05 Å². The summed E-state index contributed by atoms with van der Waals surface area (Å²) in [4.78, 5) is 40.0. The van der Waals surface area contributed by atoms with E-state index in [2.05, 4.69) is 39.6 Å². The second-order valence-corrected chi connectivity index (χ2v) is 10.5. The molecule has 37 heavy (non-hydrogen) atoms. The monoisotopic (exact) mass is 525 g/mol. The summed E-state index contributed by atoms with van der Waals surface area (Å²) >= 11 is 0. The molecular formula is C29H59N5O3. The molecule has 0 aromatic carbocycles. The van der Waals surface area contributed by atoms with E-state index in [9.17, 15) is 14.4 Å². The summed E-state index contributed by atoms with van der Waals surface area (Å²) in [6, 6.07) is 0.204. The Bertz CT molecular complexity index is 588. The zero-order valence-corrected chi connectivity index (χ0v) is 24.8. The van der Waals surface area contributed by atoms with Crippen LogP contribution in [0.2, 0.25) is 0 Å². The molecule has 0 spiro atoms. The van der Waals surface area contributed by atoms with Crippen LogP contribution >= 0.6 is 0 Å². The summed E-state index contributed by atoms with van der Waals surface area (Å²) in [6.07, 6.45) is 16.6. The lowest BCUT2D eigenvalue weighted by molar-refractivity contribution is -0.122. The van der Waals surface area contributed by atoms with Gasteiger partial charge in [0, 0.05) is 59.0 Å². The van der Waals surface area contributed by atoms with Crippen LogP contribution in [-0.2, 0) is 14.4 Å². The standard InChI is InChI=1S/C29H59N5O3/c1-6-7-8-9-10-11-12-13-14-15-17-26(2)32-29(37)20-25-34(24-19-28(36)31-4)22-16-21-33(5)23-18-27(35)30-3/h26H,6-25H2,1-5H3,(H,30,35)(H,31,36)(H,32,37). The highest BCUT2D eigenvalue weighted by Gasteiger charge is 2.13. The van der Waals surface area contributed by atoms with Gasteiger partial charge in [-0.1, -0.05) is 71.1 Å². The van der Waals surface area contributed by atoms with Crippen LogP contribution in [0.25, 0.3) is 0 Å². The van der Waals surface area contributed by atoms with Gasteiger partial charge in [0.05, 0.1) is 0 Å². The number of nitrogens with one attached hydrogen (secondary N) is 3. The third kappa shape index (κ3) is 23.2. The molecule has 0 aliphatic carbocycles. The van der Waals surface area contributed by atoms with Crippen molar-refractivity contribution in [2.75, 3.05) is 53.9 Å². The molecule has 8 heteroatoms. The summed E-state index contributed by atoms with van der Waals surface area (Å²) < 4.78 is 0. The van der Waals surface area contributed by atoms with Crippen LogP contribution in [0.3, 0.4) is 0 Å². The van der Waals surface area contributed by atoms with Crippen LogP contribution in [0.1, 0.15) is 110 Å². The van der Waals surface area contributed by atoms with Crippen LogP contribution in [0.15, 0.2) is 0 Å². The Hall–Kier alpha value is -1.67. The Labute approximate surface area is 228 Å². The molecule has 8 nitrogen and oxygen atoms in total. The van der Waals surface area contributed by atoms with Gasteiger partial charge in [-0.15, -0.1) is 0 Å². The van der Waals surface area contributed by atoms with Crippen molar-refractivity contribution in [3.63, 3.8) is 0 Å². The van der Waals surface area contributed by atoms with Gasteiger partial charge in [-0.25, -0.2) is 0 Å². The fourth-order valence-electron chi connectivity index (χ4n) is 4.43. The summed E-state index contributed by atoms with van der Waals surface area (Å²) in [6.45, 7) is 8.06. The quantitative estimate of drug-likeness (QED) is 0.156. The molecule has 0 heterocycles. The molecule has 0 rings (SSSR count). The van der Waals surface area contributed by atoms with E-state index in [1.54, 1.807) is 14.1 Å². The third-order valence-electron chi connectivity index (χ3n) is 7.00. The first kappa shape index (κ1) is 35.3. The van der Waals surface area contributed by atoms with Gasteiger partial charge in [0.15, 0.2) is 0 Å². The van der Waals surface area contributed by atoms with Crippen LogP contribution in [0.5, 0.6) is 0 Å². The van der Waals surface area contributed by atoms with Crippen molar-refractivity contribution in [3.05, 3.63) is 0 Å². The Kier molecular flexibility index (Phi) is 23.5. The number of carbonyl (C=O) groups excluding carboxylic acids is 3. The minimum atomic E-state index is 0.0160. The molecule has 0 aromatic heterocycles. The molecule has 3 amide bonds. The highest BCUT2D eigenvalue weighted by molar-refractivity contribution is 5.77. The summed E-state index contributed by atoms with van der Waals surface area (Å²) in [7, 11) is 5.32. The normalized spacial score (nSPS) is 12.1. The zero-order valence-electron chi connectivity index (χ0n) is 24.8. The van der Waals surface area contributed by atoms with Crippen LogP contribution in [0.4, 0.5) is 0 Å². The Balaban J connectivity index is 4.14. The number of amides is 3. The van der Waals surface area contributed by atoms with Gasteiger partial charge in [-0.05, 0) is 39.9 Å². The van der Waals surface area contributed by atoms with Gasteiger partial charge < -0.3 is 25.8 Å². The molecule has 0 aliphatic rings. The first-order valence-corrected chi connectivity index (χ1v) is 14.9. The maximum atomic E-state index is 12.5. The SMILES string of the molecule is CCCCCCCCCCCCC(C)NC(=O)CCN(CCCN(C)CCC(=O)NC)CCC(=O)NC. The van der Waals surface area contributed by atoms with Crippen LogP contribution in [-0.4, -0.2) is 87.4 Å². The Morgan fingerprint density at radius 3 is 1.65 bits per heavy atom. The molecule has 3 N–H and O–H groups in total. The number of rotatable bonds is 25. The Morgan fingerprint density at radius 2 is 1.11 bits per heavy atom. The number of hydrogen-bond donors (Lipinski definition) is 3. The zero-order chi connectivity index (χ0) is 27.7. The van der Waals surface area contributed by atoms with Crippen molar-refractivity contribution in [1.29, 1.82) is 0 Å². The molecule has 0 fully saturated rings. The van der Waals surface area contributed by atoms with E-state index in [4.69, 9.17) is 0 Å². The lowest BCUT2D eigenvalue weighted by Gasteiger charge is -2.24. The number of nitrogens with zero attached hydrogens (tertiary/aromatic N) is 2. The van der Waals surface area contributed by atoms with Crippen LogP contribution < -0.4 is 16.0 Å². The molecule has 0 aromatic rings. The number of carbonyl (C=O) groups is 3. The molecular weight excluding hydrogens is 466 g/mol. The van der Waals surface area contributed by atoms with Gasteiger partial charge in [0.1, 0.15) is 0 Å². The average molecular weight is 526 g/mol. The van der Waals surface area contributed by atoms with Crippen LogP contribution in [0, 0.1) is 0 Å². The van der Waals surface area contributed by atoms with Gasteiger partial charge in [-0.3, -0.25) is 14.4 Å². The van der Waals surface area contributed by atoms with E-state index in [1.165, 1.54) is 64.2 Å². The van der Waals surface area contributed by atoms with E-state index < -0.39 is 0 Å². The van der Waals surface area contributed by atoms with Crippen molar-refractivity contribution in [3.8, 4) is 0 Å². The molecule has 1 unspecified atom stereocenters. The number of hydrogen-bond acceptors (Lipinski definition) is 5. The minimum absolute atomic E-state index is 0.0160. The van der Waals surface area contributed by atoms with Gasteiger partial charge in [0.25, 0.3) is 0 Å². The second-order valence-electron chi connectivity index (χ2n) is 10.5. The maximum Gasteiger partial charge on any atom is 0.221 e. The molecule has 1 atom stereocenters. The van der Waals surface area contributed by atoms with E-state index in [0.717, 1.165) is 32.5 Å². The highest BCUT2D eigenvalue weighted by Crippen LogP contribution is 2.12. The highest BCUT2D eigenvalue weighted by atomic mass is 16.2. The van der Waals surface area contributed by atoms with Gasteiger partial charge in [0.2, 0.25) is 17.7 Å². The number of unbranched alkanes of at least 4 members (excludes halogenated alkanes) is 9. The summed E-state index contributed by atoms with van der Waals surface area (Å²) in [5.41, 5.74) is 0. The molecule has 0 aliphatic heterocycles. The van der Waals surface area contributed by atoms with E-state index in [-0.39, 0.29) is 23.8 Å². The second kappa shape index (κ2) is 24.7. The van der Waals surface area contributed by atoms with Crippen molar-refractivity contribution in [2.24, 2.45) is 0 Å². The molecule has 0 bridgehead atoms. The van der Waals surface area contributed by atoms with Gasteiger partial charge in [-0.2, -0.15) is 0 Å². The molecule has 0 saturated heterocycles. The third-order valence-corrected chi connectivity index (χ3v) is 7.00. The lowest BCUT2D eigenvalue weighted by Crippen LogP contribution is -2.37. The molecule has 0 radical (unpaired) electrons. The van der Waals surface area contributed by atoms with Crippen molar-refractivity contribution in [1.82, 2.24) is 25.8 Å². The van der Waals surface area contributed by atoms with Crippen molar-refractivity contribution >= 4 is 17.7 Å². The topological polar surface area (TPSA) is 93.8 Å². The molecule has 218 valence electrons.